The third-order valence-corrected chi connectivity index (χ3v) is 9.08. The van der Waals surface area contributed by atoms with Gasteiger partial charge in [-0.1, -0.05) is 0 Å². The van der Waals surface area contributed by atoms with Crippen LogP contribution in [0.5, 0.6) is 5.75 Å². The van der Waals surface area contributed by atoms with Crippen LogP contribution in [0.3, 0.4) is 0 Å². The summed E-state index contributed by atoms with van der Waals surface area (Å²) in [6, 6.07) is 6.57. The normalized spacial score (nSPS) is 17.8. The fraction of sp³-hybridized carbons (Fsp3) is 0.429. The first-order valence-corrected chi connectivity index (χ1v) is 12.5. The Balaban J connectivity index is 1.38. The zero-order valence-electron chi connectivity index (χ0n) is 16.9. The van der Waals surface area contributed by atoms with Crippen molar-refractivity contribution in [2.75, 3.05) is 38.2 Å². The van der Waals surface area contributed by atoms with Crippen LogP contribution in [0.25, 0.3) is 10.2 Å². The van der Waals surface area contributed by atoms with E-state index in [-0.39, 0.29) is 0 Å². The van der Waals surface area contributed by atoms with Crippen molar-refractivity contribution in [3.63, 3.8) is 0 Å². The molecule has 1 fully saturated rings. The van der Waals surface area contributed by atoms with Crippen LogP contribution >= 0.6 is 11.3 Å². The average Bonchev–Trinajstić information content (AvgIpc) is 3.18. The molecule has 0 amide bonds. The van der Waals surface area contributed by atoms with Gasteiger partial charge < -0.3 is 9.64 Å². The van der Waals surface area contributed by atoms with Gasteiger partial charge in [0.05, 0.1) is 17.4 Å². The van der Waals surface area contributed by atoms with E-state index in [0.29, 0.717) is 36.8 Å². The molecule has 0 spiro atoms. The predicted octanol–water partition coefficient (Wildman–Crippen LogP) is 3.09. The zero-order valence-corrected chi connectivity index (χ0v) is 18.5. The van der Waals surface area contributed by atoms with Gasteiger partial charge in [0.1, 0.15) is 22.7 Å². The van der Waals surface area contributed by atoms with Gasteiger partial charge in [-0.25, -0.2) is 18.4 Å². The van der Waals surface area contributed by atoms with Crippen molar-refractivity contribution >= 4 is 37.4 Å². The van der Waals surface area contributed by atoms with Gasteiger partial charge in [-0.2, -0.15) is 4.31 Å². The smallest absolute Gasteiger partial charge is 0.243 e. The molecule has 2 aliphatic rings. The zero-order chi connectivity index (χ0) is 20.7. The number of aryl methyl sites for hydroxylation is 2. The minimum atomic E-state index is -3.52. The highest BCUT2D eigenvalue weighted by atomic mass is 32.2. The monoisotopic (exact) mass is 444 g/mol. The number of fused-ring (bicyclic) bond motifs is 3. The molecule has 158 valence electrons. The Morgan fingerprint density at radius 1 is 1.00 bits per heavy atom. The van der Waals surface area contributed by atoms with Crippen LogP contribution in [0.4, 0.5) is 5.82 Å². The largest absolute Gasteiger partial charge is 0.497 e. The Bertz CT molecular complexity index is 1170. The standard InChI is InChI=1S/C21H24N4O3S2/c1-28-15-6-8-16(9-7-15)30(26,27)25-12-10-24(11-13-25)20-19-17-4-2-3-5-18(17)29-21(19)23-14-22-20/h6-9,14H,2-5,10-13H2,1H3. The quantitative estimate of drug-likeness (QED) is 0.616. The van der Waals surface area contributed by atoms with Gasteiger partial charge in [0, 0.05) is 31.1 Å². The van der Waals surface area contributed by atoms with E-state index in [9.17, 15) is 8.42 Å². The number of rotatable bonds is 4. The number of sulfonamides is 1. The Morgan fingerprint density at radius 2 is 1.73 bits per heavy atom. The number of thiophene rings is 1. The molecule has 1 aliphatic carbocycles. The molecule has 2 aromatic heterocycles. The van der Waals surface area contributed by atoms with Gasteiger partial charge in [0.2, 0.25) is 10.0 Å². The molecule has 0 radical (unpaired) electrons. The molecule has 1 aliphatic heterocycles. The second-order valence-corrected chi connectivity index (χ2v) is 10.7. The Hall–Kier alpha value is -2.23. The average molecular weight is 445 g/mol. The van der Waals surface area contributed by atoms with E-state index in [4.69, 9.17) is 4.74 Å². The molecule has 1 saturated heterocycles. The molecule has 0 unspecified atom stereocenters. The molecule has 30 heavy (non-hydrogen) atoms. The topological polar surface area (TPSA) is 75.6 Å². The number of nitrogens with zero attached hydrogens (tertiary/aromatic N) is 4. The number of benzene rings is 1. The highest BCUT2D eigenvalue weighted by Gasteiger charge is 2.30. The molecular formula is C21H24N4O3S2. The lowest BCUT2D eigenvalue weighted by atomic mass is 9.97. The minimum Gasteiger partial charge on any atom is -0.497 e. The minimum absolute atomic E-state index is 0.299. The summed E-state index contributed by atoms with van der Waals surface area (Å²) in [5.74, 6) is 1.60. The van der Waals surface area contributed by atoms with Crippen molar-refractivity contribution < 1.29 is 13.2 Å². The highest BCUT2D eigenvalue weighted by Crippen LogP contribution is 2.39. The molecule has 0 N–H and O–H groups in total. The third kappa shape index (κ3) is 3.34. The van der Waals surface area contributed by atoms with Crippen molar-refractivity contribution in [1.29, 1.82) is 0 Å². The summed E-state index contributed by atoms with van der Waals surface area (Å²) in [7, 11) is -1.95. The van der Waals surface area contributed by atoms with E-state index in [1.54, 1.807) is 53.3 Å². The van der Waals surface area contributed by atoms with Crippen molar-refractivity contribution in [2.24, 2.45) is 0 Å². The first kappa shape index (κ1) is 19.7. The summed E-state index contributed by atoms with van der Waals surface area (Å²) in [5.41, 5.74) is 1.41. The molecule has 3 aromatic rings. The number of anilines is 1. The molecule has 7 nitrogen and oxygen atoms in total. The van der Waals surface area contributed by atoms with E-state index in [1.807, 2.05) is 0 Å². The number of aromatic nitrogens is 2. The molecule has 0 saturated carbocycles. The molecule has 0 atom stereocenters. The van der Waals surface area contributed by atoms with Crippen LogP contribution in [0.1, 0.15) is 23.3 Å². The second-order valence-electron chi connectivity index (χ2n) is 7.65. The number of methoxy groups -OCH3 is 1. The van der Waals surface area contributed by atoms with E-state index in [2.05, 4.69) is 14.9 Å². The maximum atomic E-state index is 13.0. The van der Waals surface area contributed by atoms with Gasteiger partial charge in [-0.3, -0.25) is 0 Å². The first-order chi connectivity index (χ1) is 14.6. The van der Waals surface area contributed by atoms with Crippen LogP contribution in [-0.2, 0) is 22.9 Å². The lowest BCUT2D eigenvalue weighted by molar-refractivity contribution is 0.384. The van der Waals surface area contributed by atoms with Crippen LogP contribution < -0.4 is 9.64 Å². The van der Waals surface area contributed by atoms with Gasteiger partial charge in [-0.05, 0) is 55.5 Å². The van der Waals surface area contributed by atoms with Gasteiger partial charge in [0.15, 0.2) is 0 Å². The van der Waals surface area contributed by atoms with Crippen molar-refractivity contribution in [3.05, 3.63) is 41.0 Å². The summed E-state index contributed by atoms with van der Waals surface area (Å²) >= 11 is 1.79. The molecule has 3 heterocycles. The lowest BCUT2D eigenvalue weighted by Gasteiger charge is -2.35. The summed E-state index contributed by atoms with van der Waals surface area (Å²) in [5, 5.41) is 1.18. The molecule has 1 aromatic carbocycles. The third-order valence-electron chi connectivity index (χ3n) is 5.97. The summed E-state index contributed by atoms with van der Waals surface area (Å²) in [6.07, 6.45) is 6.30. The van der Waals surface area contributed by atoms with Crippen LogP contribution in [0.15, 0.2) is 35.5 Å². The van der Waals surface area contributed by atoms with Gasteiger partial charge in [-0.15, -0.1) is 11.3 Å². The molecule has 9 heteroatoms. The van der Waals surface area contributed by atoms with Crippen LogP contribution in [0, 0.1) is 0 Å². The highest BCUT2D eigenvalue weighted by molar-refractivity contribution is 7.89. The Labute approximate surface area is 180 Å². The molecular weight excluding hydrogens is 420 g/mol. The Morgan fingerprint density at radius 3 is 2.47 bits per heavy atom. The van der Waals surface area contributed by atoms with E-state index < -0.39 is 10.0 Å². The van der Waals surface area contributed by atoms with Gasteiger partial charge >= 0.3 is 0 Å². The van der Waals surface area contributed by atoms with Crippen molar-refractivity contribution in [3.8, 4) is 5.75 Å². The predicted molar refractivity (Wildman–Crippen MR) is 118 cm³/mol. The summed E-state index contributed by atoms with van der Waals surface area (Å²) in [6.45, 7) is 2.11. The maximum Gasteiger partial charge on any atom is 0.243 e. The van der Waals surface area contributed by atoms with E-state index in [0.717, 1.165) is 23.5 Å². The van der Waals surface area contributed by atoms with Crippen LogP contribution in [0.2, 0.25) is 0 Å². The molecule has 0 bridgehead atoms. The van der Waals surface area contributed by atoms with E-state index in [1.165, 1.54) is 28.7 Å². The van der Waals surface area contributed by atoms with Gasteiger partial charge in [0.25, 0.3) is 0 Å². The fourth-order valence-corrected chi connectivity index (χ4v) is 7.00. The first-order valence-electron chi connectivity index (χ1n) is 10.2. The van der Waals surface area contributed by atoms with Crippen molar-refractivity contribution in [1.82, 2.24) is 14.3 Å². The number of hydrogen-bond acceptors (Lipinski definition) is 7. The Kier molecular flexibility index (Phi) is 5.12. The number of hydrogen-bond donors (Lipinski definition) is 0. The second kappa shape index (κ2) is 7.79. The van der Waals surface area contributed by atoms with Crippen molar-refractivity contribution in [2.45, 2.75) is 30.6 Å². The number of ether oxygens (including phenoxy) is 1. The SMILES string of the molecule is COc1ccc(S(=O)(=O)N2CCN(c3ncnc4sc5c(c34)CCCC5)CC2)cc1. The lowest BCUT2D eigenvalue weighted by Crippen LogP contribution is -2.49. The summed E-state index contributed by atoms with van der Waals surface area (Å²) in [4.78, 5) is 14.1. The van der Waals surface area contributed by atoms with Crippen LogP contribution in [-0.4, -0.2) is 56.0 Å². The maximum absolute atomic E-state index is 13.0. The molecule has 5 rings (SSSR count). The van der Waals surface area contributed by atoms with E-state index >= 15 is 0 Å². The number of piperazine rings is 1. The summed E-state index contributed by atoms with van der Waals surface area (Å²) < 4.78 is 32.8. The fourth-order valence-electron chi connectivity index (χ4n) is 4.35.